The molecule has 0 aliphatic carbocycles. The van der Waals surface area contributed by atoms with Gasteiger partial charge in [-0.05, 0) is 12.8 Å². The van der Waals surface area contributed by atoms with Gasteiger partial charge in [0, 0.05) is 6.04 Å². The Kier molecular flexibility index (Phi) is 4.33. The van der Waals surface area contributed by atoms with Crippen molar-refractivity contribution in [3.05, 3.63) is 0 Å². The van der Waals surface area contributed by atoms with Crippen molar-refractivity contribution < 1.29 is 21.9 Å². The monoisotopic (exact) mass is 271 g/mol. The lowest BCUT2D eigenvalue weighted by Crippen LogP contribution is -2.42. The first-order valence-electron chi connectivity index (χ1n) is 5.13. The molecule has 1 rings (SSSR count). The van der Waals surface area contributed by atoms with Crippen LogP contribution in [0.1, 0.15) is 19.8 Å². The van der Waals surface area contributed by atoms with Gasteiger partial charge in [-0.2, -0.15) is 0 Å². The second-order valence-electron chi connectivity index (χ2n) is 3.98. The molecule has 0 saturated carbocycles. The van der Waals surface area contributed by atoms with Crippen LogP contribution < -0.4 is 4.72 Å². The van der Waals surface area contributed by atoms with Gasteiger partial charge in [0.1, 0.15) is 0 Å². The zero-order valence-electron chi connectivity index (χ0n) is 9.09. The molecule has 1 aliphatic heterocycles. The van der Waals surface area contributed by atoms with Crippen LogP contribution in [0.2, 0.25) is 0 Å². The van der Waals surface area contributed by atoms with Crippen molar-refractivity contribution in [1.29, 1.82) is 0 Å². The minimum atomic E-state index is -3.64. The Morgan fingerprint density at radius 3 is 2.50 bits per heavy atom. The maximum absolute atomic E-state index is 11.8. The van der Waals surface area contributed by atoms with E-state index in [4.69, 9.17) is 5.11 Å². The van der Waals surface area contributed by atoms with Gasteiger partial charge in [-0.25, -0.2) is 21.6 Å². The molecule has 0 aromatic rings. The Hall–Kier alpha value is -0.180. The molecule has 0 spiro atoms. The van der Waals surface area contributed by atoms with Crippen molar-refractivity contribution in [2.75, 3.05) is 18.1 Å². The van der Waals surface area contributed by atoms with E-state index in [1.165, 1.54) is 0 Å². The smallest absolute Gasteiger partial charge is 0.215 e. The maximum Gasteiger partial charge on any atom is 0.215 e. The van der Waals surface area contributed by atoms with Gasteiger partial charge in [0.05, 0.1) is 23.4 Å². The van der Waals surface area contributed by atoms with Crippen LogP contribution in [0.25, 0.3) is 0 Å². The van der Waals surface area contributed by atoms with E-state index in [0.29, 0.717) is 6.42 Å². The molecular formula is C8H17NO5S2. The van der Waals surface area contributed by atoms with Gasteiger partial charge < -0.3 is 5.11 Å². The lowest BCUT2D eigenvalue weighted by atomic mass is 10.3. The highest BCUT2D eigenvalue weighted by atomic mass is 32.2. The average Bonchev–Trinajstić information content (AvgIpc) is 2.56. The molecule has 8 heteroatoms. The maximum atomic E-state index is 11.8. The number of sulfonamides is 1. The summed E-state index contributed by atoms with van der Waals surface area (Å²) in [5.41, 5.74) is 0. The van der Waals surface area contributed by atoms with E-state index in [9.17, 15) is 16.8 Å². The van der Waals surface area contributed by atoms with Crippen LogP contribution in [0, 0.1) is 0 Å². The van der Waals surface area contributed by atoms with Crippen LogP contribution in [0.3, 0.4) is 0 Å². The standard InChI is InChI=1S/C8H17NO5S2/c1-2-7(5-10)9-16(13,14)8-3-4-15(11,12)6-8/h7-10H,2-6H2,1H3. The Morgan fingerprint density at radius 1 is 1.50 bits per heavy atom. The number of aliphatic hydroxyl groups is 1. The van der Waals surface area contributed by atoms with Crippen molar-refractivity contribution in [1.82, 2.24) is 4.72 Å². The summed E-state index contributed by atoms with van der Waals surface area (Å²) in [6.45, 7) is 1.46. The van der Waals surface area contributed by atoms with Crippen LogP contribution in [0.5, 0.6) is 0 Å². The number of hydrogen-bond acceptors (Lipinski definition) is 5. The molecule has 1 aliphatic rings. The highest BCUT2D eigenvalue weighted by Crippen LogP contribution is 2.18. The Morgan fingerprint density at radius 2 is 2.12 bits per heavy atom. The van der Waals surface area contributed by atoms with E-state index < -0.39 is 31.2 Å². The van der Waals surface area contributed by atoms with Crippen molar-refractivity contribution in [3.8, 4) is 0 Å². The summed E-state index contributed by atoms with van der Waals surface area (Å²) in [5.74, 6) is -0.390. The summed E-state index contributed by atoms with van der Waals surface area (Å²) in [6, 6.07) is -0.534. The third-order valence-electron chi connectivity index (χ3n) is 2.67. The van der Waals surface area contributed by atoms with Crippen molar-refractivity contribution >= 4 is 19.9 Å². The van der Waals surface area contributed by atoms with E-state index in [1.807, 2.05) is 0 Å². The van der Waals surface area contributed by atoms with Gasteiger partial charge in [-0.3, -0.25) is 0 Å². The molecule has 0 radical (unpaired) electrons. The van der Waals surface area contributed by atoms with Crippen LogP contribution in [0.4, 0.5) is 0 Å². The van der Waals surface area contributed by atoms with E-state index in [1.54, 1.807) is 6.92 Å². The second kappa shape index (κ2) is 4.99. The fourth-order valence-corrected chi connectivity index (χ4v) is 5.94. The summed E-state index contributed by atoms with van der Waals surface area (Å²) < 4.78 is 48.2. The third kappa shape index (κ3) is 3.41. The quantitative estimate of drug-likeness (QED) is 0.658. The number of sulfone groups is 1. The fraction of sp³-hybridized carbons (Fsp3) is 1.00. The van der Waals surface area contributed by atoms with Gasteiger partial charge in [0.15, 0.2) is 9.84 Å². The molecule has 16 heavy (non-hydrogen) atoms. The summed E-state index contributed by atoms with van der Waals surface area (Å²) in [4.78, 5) is 0. The molecule has 6 nitrogen and oxygen atoms in total. The van der Waals surface area contributed by atoms with E-state index in [0.717, 1.165) is 0 Å². The van der Waals surface area contributed by atoms with Crippen LogP contribution >= 0.6 is 0 Å². The van der Waals surface area contributed by atoms with Crippen molar-refractivity contribution in [2.24, 2.45) is 0 Å². The first-order valence-corrected chi connectivity index (χ1v) is 8.50. The van der Waals surface area contributed by atoms with E-state index in [-0.39, 0.29) is 24.5 Å². The van der Waals surface area contributed by atoms with Gasteiger partial charge in [0.2, 0.25) is 10.0 Å². The SMILES string of the molecule is CCC(CO)NS(=O)(=O)C1CCS(=O)(=O)C1. The predicted octanol–water partition coefficient (Wildman–Crippen LogP) is -1.14. The molecule has 1 fully saturated rings. The lowest BCUT2D eigenvalue weighted by Gasteiger charge is -2.17. The Balaban J connectivity index is 2.72. The fourth-order valence-electron chi connectivity index (χ4n) is 1.58. The molecule has 0 bridgehead atoms. The highest BCUT2D eigenvalue weighted by molar-refractivity contribution is 7.95. The normalized spacial score (nSPS) is 26.8. The summed E-state index contributed by atoms with van der Waals surface area (Å²) in [7, 11) is -6.85. The van der Waals surface area contributed by atoms with Crippen LogP contribution in [0.15, 0.2) is 0 Å². The third-order valence-corrected chi connectivity index (χ3v) is 6.59. The van der Waals surface area contributed by atoms with Gasteiger partial charge in [-0.1, -0.05) is 6.92 Å². The average molecular weight is 271 g/mol. The molecule has 0 aromatic heterocycles. The molecule has 2 atom stereocenters. The van der Waals surface area contributed by atoms with E-state index in [2.05, 4.69) is 4.72 Å². The topological polar surface area (TPSA) is 101 Å². The van der Waals surface area contributed by atoms with Crippen LogP contribution in [-0.2, 0) is 19.9 Å². The first kappa shape index (κ1) is 13.9. The summed E-state index contributed by atoms with van der Waals surface area (Å²) >= 11 is 0. The van der Waals surface area contributed by atoms with Crippen LogP contribution in [-0.4, -0.2) is 51.3 Å². The van der Waals surface area contributed by atoms with Gasteiger partial charge in [0.25, 0.3) is 0 Å². The summed E-state index contributed by atoms with van der Waals surface area (Å²) in [6.07, 6.45) is 0.606. The molecule has 2 unspecified atom stereocenters. The number of rotatable bonds is 5. The molecule has 1 saturated heterocycles. The van der Waals surface area contributed by atoms with Gasteiger partial charge >= 0.3 is 0 Å². The van der Waals surface area contributed by atoms with E-state index >= 15 is 0 Å². The highest BCUT2D eigenvalue weighted by Gasteiger charge is 2.37. The zero-order chi connectivity index (χ0) is 12.4. The summed E-state index contributed by atoms with van der Waals surface area (Å²) in [5, 5.41) is 8.01. The minimum absolute atomic E-state index is 0.0749. The Labute approximate surface area is 96.0 Å². The Bertz CT molecular complexity index is 423. The lowest BCUT2D eigenvalue weighted by molar-refractivity contribution is 0.253. The van der Waals surface area contributed by atoms with Gasteiger partial charge in [-0.15, -0.1) is 0 Å². The predicted molar refractivity (Wildman–Crippen MR) is 60.3 cm³/mol. The molecule has 96 valence electrons. The second-order valence-corrected chi connectivity index (χ2v) is 8.20. The van der Waals surface area contributed by atoms with Crippen molar-refractivity contribution in [3.63, 3.8) is 0 Å². The minimum Gasteiger partial charge on any atom is -0.395 e. The molecule has 0 amide bonds. The molecule has 1 heterocycles. The number of nitrogens with one attached hydrogen (secondary N) is 1. The van der Waals surface area contributed by atoms with Crippen molar-refractivity contribution in [2.45, 2.75) is 31.1 Å². The number of hydrogen-bond donors (Lipinski definition) is 2. The molecule has 2 N–H and O–H groups in total. The molecular weight excluding hydrogens is 254 g/mol. The number of aliphatic hydroxyl groups excluding tert-OH is 1. The zero-order valence-corrected chi connectivity index (χ0v) is 10.7. The largest absolute Gasteiger partial charge is 0.395 e. The molecule has 0 aromatic carbocycles. The first-order chi connectivity index (χ1) is 7.30.